The predicted octanol–water partition coefficient (Wildman–Crippen LogP) is 5.54. The predicted molar refractivity (Wildman–Crippen MR) is 134 cm³/mol. The van der Waals surface area contributed by atoms with Crippen molar-refractivity contribution in [1.82, 2.24) is 14.3 Å². The molecule has 2 aromatic rings. The summed E-state index contributed by atoms with van der Waals surface area (Å²) in [6.07, 6.45) is 3.56. The molecule has 0 bridgehead atoms. The molecule has 0 N–H and O–H groups in total. The summed E-state index contributed by atoms with van der Waals surface area (Å²) in [7, 11) is -2.30. The van der Waals surface area contributed by atoms with Crippen LogP contribution in [-0.2, 0) is 29.4 Å². The maximum atomic E-state index is 13.2. The molecule has 0 aliphatic rings. The van der Waals surface area contributed by atoms with Crippen molar-refractivity contribution >= 4 is 43.0 Å². The van der Waals surface area contributed by atoms with Gasteiger partial charge in [-0.25, -0.2) is 4.68 Å². The number of nitrogens with zero attached hydrogens (tertiary/aromatic N) is 3. The van der Waals surface area contributed by atoms with Crippen LogP contribution in [0.4, 0.5) is 0 Å². The van der Waals surface area contributed by atoms with E-state index in [2.05, 4.69) is 67.2 Å². The Morgan fingerprint density at radius 1 is 1.00 bits per heavy atom. The standard InChI is InChI=1S/C21H38BrN3O3Si2/c1-8-9-17-19-18(24(20(17)22)15-27-10-12-29(2,3)4)14-23-25(21(19)26)16-28-11-13-30(5,6)7/h14H,8-13,15-16H2,1-7H3. The second-order valence-electron chi connectivity index (χ2n) is 10.4. The molecule has 9 heteroatoms. The van der Waals surface area contributed by atoms with E-state index in [0.29, 0.717) is 13.3 Å². The fraction of sp³-hybridized carbons (Fsp3) is 0.714. The van der Waals surface area contributed by atoms with E-state index in [-0.39, 0.29) is 12.3 Å². The van der Waals surface area contributed by atoms with Crippen LogP contribution in [-0.4, -0.2) is 43.7 Å². The highest BCUT2D eigenvalue weighted by Crippen LogP contribution is 2.29. The molecule has 0 fully saturated rings. The minimum absolute atomic E-state index is 0.0921. The third kappa shape index (κ3) is 7.15. The summed E-state index contributed by atoms with van der Waals surface area (Å²) in [5.41, 5.74) is 1.76. The van der Waals surface area contributed by atoms with Gasteiger partial charge >= 0.3 is 0 Å². The van der Waals surface area contributed by atoms with Gasteiger partial charge in [0.15, 0.2) is 0 Å². The third-order valence-corrected chi connectivity index (χ3v) is 9.34. The largest absolute Gasteiger partial charge is 0.361 e. The number of fused-ring (bicyclic) bond motifs is 1. The molecule has 0 saturated carbocycles. The van der Waals surface area contributed by atoms with Crippen molar-refractivity contribution in [3.8, 4) is 0 Å². The van der Waals surface area contributed by atoms with Crippen molar-refractivity contribution in [3.05, 3.63) is 26.7 Å². The number of aryl methyl sites for hydroxylation is 1. The fourth-order valence-electron chi connectivity index (χ4n) is 3.10. The Hall–Kier alpha value is -0.746. The molecule has 0 unspecified atom stereocenters. The molecule has 0 spiro atoms. The second-order valence-corrected chi connectivity index (χ2v) is 22.3. The lowest BCUT2D eigenvalue weighted by Gasteiger charge is -2.16. The molecule has 6 nitrogen and oxygen atoms in total. The first-order valence-electron chi connectivity index (χ1n) is 10.9. The number of hydrogen-bond donors (Lipinski definition) is 0. The molecule has 170 valence electrons. The van der Waals surface area contributed by atoms with Crippen LogP contribution in [0.5, 0.6) is 0 Å². The Bertz CT molecular complexity index is 898. The summed E-state index contributed by atoms with van der Waals surface area (Å²) < 4.78 is 16.1. The molecule has 0 saturated heterocycles. The van der Waals surface area contributed by atoms with Gasteiger partial charge in [0, 0.05) is 29.4 Å². The van der Waals surface area contributed by atoms with Gasteiger partial charge in [-0.2, -0.15) is 5.10 Å². The van der Waals surface area contributed by atoms with E-state index in [9.17, 15) is 4.79 Å². The highest BCUT2D eigenvalue weighted by Gasteiger charge is 2.20. The second kappa shape index (κ2) is 10.7. The molecule has 0 radical (unpaired) electrons. The molecule has 0 aliphatic carbocycles. The lowest BCUT2D eigenvalue weighted by molar-refractivity contribution is 0.0752. The Morgan fingerprint density at radius 2 is 1.57 bits per heavy atom. The Labute approximate surface area is 191 Å². The normalized spacial score (nSPS) is 12.8. The van der Waals surface area contributed by atoms with Crippen LogP contribution in [0.1, 0.15) is 18.9 Å². The first-order valence-corrected chi connectivity index (χ1v) is 19.1. The molecule has 2 aromatic heterocycles. The highest BCUT2D eigenvalue weighted by molar-refractivity contribution is 9.10. The van der Waals surface area contributed by atoms with E-state index in [4.69, 9.17) is 9.47 Å². The fourth-order valence-corrected chi connectivity index (χ4v) is 5.30. The van der Waals surface area contributed by atoms with Gasteiger partial charge in [0.05, 0.1) is 21.7 Å². The lowest BCUT2D eigenvalue weighted by atomic mass is 10.1. The van der Waals surface area contributed by atoms with Crippen molar-refractivity contribution < 1.29 is 9.47 Å². The van der Waals surface area contributed by atoms with Gasteiger partial charge in [-0.05, 0) is 40.0 Å². The van der Waals surface area contributed by atoms with E-state index in [0.717, 1.165) is 52.6 Å². The molecule has 0 aromatic carbocycles. The van der Waals surface area contributed by atoms with Gasteiger partial charge in [-0.1, -0.05) is 52.6 Å². The van der Waals surface area contributed by atoms with Crippen LogP contribution < -0.4 is 5.56 Å². The number of aromatic nitrogens is 3. The van der Waals surface area contributed by atoms with Crippen LogP contribution in [0.25, 0.3) is 10.9 Å². The quantitative estimate of drug-likeness (QED) is 0.275. The molecule has 2 rings (SSSR count). The Balaban J connectivity index is 2.24. The number of halogens is 1. The zero-order chi connectivity index (χ0) is 22.5. The van der Waals surface area contributed by atoms with Crippen LogP contribution >= 0.6 is 15.9 Å². The van der Waals surface area contributed by atoms with Crippen molar-refractivity contribution in [2.24, 2.45) is 0 Å². The van der Waals surface area contributed by atoms with Gasteiger partial charge in [0.25, 0.3) is 5.56 Å². The van der Waals surface area contributed by atoms with Crippen molar-refractivity contribution in [2.45, 2.75) is 84.6 Å². The summed E-state index contributed by atoms with van der Waals surface area (Å²) in [6, 6.07) is 2.19. The maximum absolute atomic E-state index is 13.2. The zero-order valence-electron chi connectivity index (χ0n) is 19.7. The average Bonchev–Trinajstić information content (AvgIpc) is 2.88. The van der Waals surface area contributed by atoms with E-state index in [1.54, 1.807) is 6.20 Å². The van der Waals surface area contributed by atoms with Crippen LogP contribution in [0.15, 0.2) is 15.6 Å². The summed E-state index contributed by atoms with van der Waals surface area (Å²) in [5, 5.41) is 5.11. The molecule has 2 heterocycles. The third-order valence-electron chi connectivity index (χ3n) is 5.03. The smallest absolute Gasteiger partial charge is 0.278 e. The lowest BCUT2D eigenvalue weighted by Crippen LogP contribution is -2.26. The molecule has 0 aliphatic heterocycles. The van der Waals surface area contributed by atoms with Crippen LogP contribution in [0, 0.1) is 0 Å². The van der Waals surface area contributed by atoms with Gasteiger partial charge in [-0.3, -0.25) is 4.79 Å². The van der Waals surface area contributed by atoms with E-state index < -0.39 is 16.1 Å². The van der Waals surface area contributed by atoms with Crippen molar-refractivity contribution in [2.75, 3.05) is 13.2 Å². The molecular weight excluding hydrogens is 478 g/mol. The van der Waals surface area contributed by atoms with Gasteiger partial charge in [0.2, 0.25) is 0 Å². The van der Waals surface area contributed by atoms with Crippen molar-refractivity contribution in [1.29, 1.82) is 0 Å². The first-order chi connectivity index (χ1) is 13.9. The number of ether oxygens (including phenoxy) is 2. The van der Waals surface area contributed by atoms with E-state index in [1.807, 2.05) is 4.57 Å². The number of hydrogen-bond acceptors (Lipinski definition) is 4. The van der Waals surface area contributed by atoms with Gasteiger partial charge in [0.1, 0.15) is 13.5 Å². The molecule has 0 atom stereocenters. The molecular formula is C21H38BrN3O3Si2. The summed E-state index contributed by atoms with van der Waals surface area (Å²) >= 11 is 3.72. The Kier molecular flexibility index (Phi) is 9.11. The van der Waals surface area contributed by atoms with Gasteiger partial charge < -0.3 is 14.0 Å². The van der Waals surface area contributed by atoms with E-state index in [1.165, 1.54) is 4.68 Å². The molecule has 30 heavy (non-hydrogen) atoms. The summed E-state index contributed by atoms with van der Waals surface area (Å²) in [6.45, 7) is 18.1. The average molecular weight is 517 g/mol. The monoisotopic (exact) mass is 515 g/mol. The highest BCUT2D eigenvalue weighted by atomic mass is 79.9. The van der Waals surface area contributed by atoms with Crippen molar-refractivity contribution in [3.63, 3.8) is 0 Å². The van der Waals surface area contributed by atoms with E-state index >= 15 is 0 Å². The maximum Gasteiger partial charge on any atom is 0.278 e. The number of rotatable bonds is 12. The van der Waals surface area contributed by atoms with Gasteiger partial charge in [-0.15, -0.1) is 0 Å². The summed E-state index contributed by atoms with van der Waals surface area (Å²) in [5.74, 6) is 0. The topological polar surface area (TPSA) is 58.3 Å². The minimum Gasteiger partial charge on any atom is -0.361 e. The van der Waals surface area contributed by atoms with Crippen LogP contribution in [0.2, 0.25) is 51.4 Å². The van der Waals surface area contributed by atoms with Crippen LogP contribution in [0.3, 0.4) is 0 Å². The SMILES string of the molecule is CCCc1c(Br)n(COCC[Si](C)(C)C)c2cnn(COCC[Si](C)(C)C)c(=O)c12. The first kappa shape index (κ1) is 25.5. The molecule has 0 amide bonds. The Morgan fingerprint density at radius 3 is 2.10 bits per heavy atom. The minimum atomic E-state index is -1.16. The summed E-state index contributed by atoms with van der Waals surface area (Å²) in [4.78, 5) is 13.2. The zero-order valence-corrected chi connectivity index (χ0v) is 23.3.